The molecule has 4 heteroatoms. The average molecular weight is 324 g/mol. The van der Waals surface area contributed by atoms with Crippen LogP contribution in [0.2, 0.25) is 4.34 Å². The molecule has 0 aliphatic carbocycles. The van der Waals surface area contributed by atoms with Crippen molar-refractivity contribution >= 4 is 28.8 Å². The van der Waals surface area contributed by atoms with Crippen molar-refractivity contribution in [1.82, 2.24) is 4.90 Å². The van der Waals surface area contributed by atoms with Crippen molar-refractivity contribution in [2.45, 2.75) is 46.0 Å². The van der Waals surface area contributed by atoms with E-state index in [9.17, 15) is 4.79 Å². The molecule has 0 bridgehead atoms. The van der Waals surface area contributed by atoms with Crippen molar-refractivity contribution in [3.8, 4) is 11.8 Å². The van der Waals surface area contributed by atoms with Gasteiger partial charge in [0, 0.05) is 30.8 Å². The molecular weight excluding hydrogens is 302 g/mol. The lowest BCUT2D eigenvalue weighted by Crippen LogP contribution is -2.36. The van der Waals surface area contributed by atoms with Crippen LogP contribution in [0.25, 0.3) is 0 Å². The number of carbonyl (C=O) groups excluding carboxylic acids is 1. The molecule has 1 aliphatic rings. The van der Waals surface area contributed by atoms with E-state index in [0.717, 1.165) is 35.8 Å². The van der Waals surface area contributed by atoms with Crippen molar-refractivity contribution < 1.29 is 4.79 Å². The van der Waals surface area contributed by atoms with Gasteiger partial charge in [0.2, 0.25) is 5.91 Å². The Morgan fingerprint density at radius 3 is 2.48 bits per heavy atom. The second-order valence-electron chi connectivity index (χ2n) is 6.60. The molecule has 1 aromatic rings. The van der Waals surface area contributed by atoms with Crippen molar-refractivity contribution in [3.63, 3.8) is 0 Å². The van der Waals surface area contributed by atoms with Crippen molar-refractivity contribution in [2.24, 2.45) is 5.92 Å². The van der Waals surface area contributed by atoms with E-state index < -0.39 is 0 Å². The smallest absolute Gasteiger partial charge is 0.219 e. The number of thiophene rings is 1. The molecule has 0 saturated carbocycles. The predicted molar refractivity (Wildman–Crippen MR) is 89.9 cm³/mol. The number of nitrogens with zero attached hydrogens (tertiary/aromatic N) is 1. The third-order valence-electron chi connectivity index (χ3n) is 3.78. The van der Waals surface area contributed by atoms with Gasteiger partial charge in [-0.3, -0.25) is 4.79 Å². The summed E-state index contributed by atoms with van der Waals surface area (Å²) in [6, 6.07) is 2.12. The maximum atomic E-state index is 11.3. The number of hydrogen-bond acceptors (Lipinski definition) is 2. The van der Waals surface area contributed by atoms with Gasteiger partial charge in [-0.05, 0) is 24.3 Å². The number of piperidine rings is 1. The molecule has 0 aromatic carbocycles. The number of hydrogen-bond donors (Lipinski definition) is 0. The largest absolute Gasteiger partial charge is 0.343 e. The van der Waals surface area contributed by atoms with Gasteiger partial charge in [-0.1, -0.05) is 44.2 Å². The van der Waals surface area contributed by atoms with Crippen LogP contribution in [0, 0.1) is 17.8 Å². The molecule has 2 heterocycles. The molecular formula is C17H22ClNOS. The number of amides is 1. The summed E-state index contributed by atoms with van der Waals surface area (Å²) in [5.74, 6) is 7.12. The van der Waals surface area contributed by atoms with Gasteiger partial charge in [0.1, 0.15) is 4.34 Å². The molecule has 0 atom stereocenters. The normalized spacial score (nSPS) is 16.5. The lowest BCUT2D eigenvalue weighted by Gasteiger charge is -2.28. The van der Waals surface area contributed by atoms with E-state index in [1.165, 1.54) is 4.88 Å². The van der Waals surface area contributed by atoms with Gasteiger partial charge in [0.25, 0.3) is 0 Å². The lowest BCUT2D eigenvalue weighted by atomic mass is 9.94. The highest BCUT2D eigenvalue weighted by molar-refractivity contribution is 7.16. The molecule has 1 amide bonds. The highest BCUT2D eigenvalue weighted by Crippen LogP contribution is 2.35. The molecule has 2 rings (SSSR count). The monoisotopic (exact) mass is 323 g/mol. The second kappa shape index (κ2) is 6.42. The Morgan fingerprint density at radius 1 is 1.38 bits per heavy atom. The zero-order valence-electron chi connectivity index (χ0n) is 13.1. The van der Waals surface area contributed by atoms with E-state index in [4.69, 9.17) is 11.6 Å². The van der Waals surface area contributed by atoms with Gasteiger partial charge in [0.05, 0.1) is 5.56 Å². The lowest BCUT2D eigenvalue weighted by molar-refractivity contribution is -0.129. The van der Waals surface area contributed by atoms with Crippen molar-refractivity contribution in [3.05, 3.63) is 20.8 Å². The summed E-state index contributed by atoms with van der Waals surface area (Å²) in [5.41, 5.74) is 1.06. The number of carbonyl (C=O) groups is 1. The van der Waals surface area contributed by atoms with Gasteiger partial charge < -0.3 is 4.90 Å². The molecule has 0 N–H and O–H groups in total. The zero-order chi connectivity index (χ0) is 15.6. The van der Waals surface area contributed by atoms with E-state index in [2.05, 4.69) is 38.7 Å². The van der Waals surface area contributed by atoms with Gasteiger partial charge in [-0.2, -0.15) is 0 Å². The van der Waals surface area contributed by atoms with Crippen LogP contribution in [0.3, 0.4) is 0 Å². The Labute approximate surface area is 136 Å². The number of rotatable bonds is 0. The van der Waals surface area contributed by atoms with E-state index in [-0.39, 0.29) is 11.3 Å². The fourth-order valence-corrected chi connectivity index (χ4v) is 3.59. The Kier molecular flexibility index (Phi) is 5.01. The summed E-state index contributed by atoms with van der Waals surface area (Å²) in [6.45, 7) is 9.82. The molecule has 0 spiro atoms. The first-order valence-corrected chi connectivity index (χ1v) is 8.53. The van der Waals surface area contributed by atoms with Crippen LogP contribution in [-0.4, -0.2) is 23.9 Å². The van der Waals surface area contributed by atoms with Gasteiger partial charge in [-0.25, -0.2) is 0 Å². The molecule has 0 unspecified atom stereocenters. The van der Waals surface area contributed by atoms with E-state index >= 15 is 0 Å². The third kappa shape index (κ3) is 4.25. The van der Waals surface area contributed by atoms with Crippen molar-refractivity contribution in [2.75, 3.05) is 13.1 Å². The van der Waals surface area contributed by atoms with Crippen LogP contribution in [0.15, 0.2) is 6.07 Å². The standard InChI is InChI=1S/C17H22ClNOS/c1-12(20)19-9-7-13(8-10-19)5-6-14-11-15(17(2,3)4)21-16(14)18/h11,13H,7-10H2,1-4H3. The van der Waals surface area contributed by atoms with Gasteiger partial charge in [-0.15, -0.1) is 11.3 Å². The molecule has 1 aromatic heterocycles. The second-order valence-corrected chi connectivity index (χ2v) is 8.25. The summed E-state index contributed by atoms with van der Waals surface area (Å²) in [6.07, 6.45) is 1.92. The Hall–Kier alpha value is -0.980. The van der Waals surface area contributed by atoms with E-state index in [1.54, 1.807) is 18.3 Å². The van der Waals surface area contributed by atoms with E-state index in [0.29, 0.717) is 5.92 Å². The minimum atomic E-state index is 0.112. The summed E-state index contributed by atoms with van der Waals surface area (Å²) in [4.78, 5) is 14.5. The summed E-state index contributed by atoms with van der Waals surface area (Å²) in [5, 5.41) is 0. The zero-order valence-corrected chi connectivity index (χ0v) is 14.7. The summed E-state index contributed by atoms with van der Waals surface area (Å²) < 4.78 is 0.786. The Balaban J connectivity index is 2.04. The topological polar surface area (TPSA) is 20.3 Å². The Bertz CT molecular complexity index is 580. The number of halogens is 1. The quantitative estimate of drug-likeness (QED) is 0.651. The summed E-state index contributed by atoms with van der Waals surface area (Å²) >= 11 is 7.92. The van der Waals surface area contributed by atoms with Crippen molar-refractivity contribution in [1.29, 1.82) is 0 Å². The molecule has 1 aliphatic heterocycles. The minimum Gasteiger partial charge on any atom is -0.343 e. The number of likely N-dealkylation sites (tertiary alicyclic amines) is 1. The third-order valence-corrected chi connectivity index (χ3v) is 5.56. The first kappa shape index (κ1) is 16.4. The van der Waals surface area contributed by atoms with E-state index in [1.807, 2.05) is 4.90 Å². The van der Waals surface area contributed by atoms with Gasteiger partial charge >= 0.3 is 0 Å². The maximum Gasteiger partial charge on any atom is 0.219 e. The molecule has 21 heavy (non-hydrogen) atoms. The van der Waals surface area contributed by atoms with Crippen LogP contribution in [0.1, 0.15) is 51.0 Å². The van der Waals surface area contributed by atoms with Crippen LogP contribution in [0.4, 0.5) is 0 Å². The highest BCUT2D eigenvalue weighted by atomic mass is 35.5. The molecule has 0 radical (unpaired) electrons. The highest BCUT2D eigenvalue weighted by Gasteiger charge is 2.20. The minimum absolute atomic E-state index is 0.112. The molecule has 2 nitrogen and oxygen atoms in total. The first-order chi connectivity index (χ1) is 9.77. The fourth-order valence-electron chi connectivity index (χ4n) is 2.34. The van der Waals surface area contributed by atoms with Crippen LogP contribution in [0.5, 0.6) is 0 Å². The maximum absolute atomic E-state index is 11.3. The Morgan fingerprint density at radius 2 is 2.00 bits per heavy atom. The van der Waals surface area contributed by atoms with Crippen LogP contribution in [-0.2, 0) is 10.2 Å². The molecule has 114 valence electrons. The molecule has 1 fully saturated rings. The predicted octanol–water partition coefficient (Wildman–Crippen LogP) is 4.31. The van der Waals surface area contributed by atoms with Crippen LogP contribution < -0.4 is 0 Å². The van der Waals surface area contributed by atoms with Crippen LogP contribution >= 0.6 is 22.9 Å². The first-order valence-electron chi connectivity index (χ1n) is 7.34. The fraction of sp³-hybridized carbons (Fsp3) is 0.588. The average Bonchev–Trinajstić information content (AvgIpc) is 2.78. The SMILES string of the molecule is CC(=O)N1CCC(C#Cc2cc(C(C)(C)C)sc2Cl)CC1. The van der Waals surface area contributed by atoms with Gasteiger partial charge in [0.15, 0.2) is 0 Å². The molecule has 1 saturated heterocycles. The summed E-state index contributed by atoms with van der Waals surface area (Å²) in [7, 11) is 0.